The molecule has 0 aromatic carbocycles. The second kappa shape index (κ2) is 12.3. The van der Waals surface area contributed by atoms with E-state index in [9.17, 15) is 8.42 Å². The number of hydrogen-bond donors (Lipinski definition) is 2. The SMILES string of the molecule is CCNC(=NCCOCCS(C)(=O)=O)NC1CCCCC1.I. The molecule has 0 bridgehead atoms. The molecule has 8 heteroatoms. The molecule has 1 rings (SSSR count). The zero-order chi connectivity index (χ0) is 15.6. The van der Waals surface area contributed by atoms with Crippen LogP contribution in [0.25, 0.3) is 0 Å². The zero-order valence-electron chi connectivity index (χ0n) is 13.6. The summed E-state index contributed by atoms with van der Waals surface area (Å²) in [5.41, 5.74) is 0. The van der Waals surface area contributed by atoms with Gasteiger partial charge in [-0.2, -0.15) is 0 Å². The van der Waals surface area contributed by atoms with Crippen molar-refractivity contribution in [2.75, 3.05) is 38.3 Å². The Labute approximate surface area is 151 Å². The molecule has 0 heterocycles. The number of hydrogen-bond acceptors (Lipinski definition) is 4. The van der Waals surface area contributed by atoms with Crippen LogP contribution in [0, 0.1) is 0 Å². The first-order valence-electron chi connectivity index (χ1n) is 7.81. The molecule has 0 aliphatic heterocycles. The molecule has 0 saturated heterocycles. The first-order valence-corrected chi connectivity index (χ1v) is 9.87. The average Bonchev–Trinajstić information content (AvgIpc) is 2.43. The number of halogens is 1. The highest BCUT2D eigenvalue weighted by Crippen LogP contribution is 2.17. The Morgan fingerprint density at radius 2 is 1.91 bits per heavy atom. The van der Waals surface area contributed by atoms with Gasteiger partial charge in [0.25, 0.3) is 0 Å². The molecule has 2 N–H and O–H groups in total. The number of nitrogens with zero attached hydrogens (tertiary/aromatic N) is 1. The van der Waals surface area contributed by atoms with Gasteiger partial charge in [0, 0.05) is 18.8 Å². The average molecular weight is 447 g/mol. The van der Waals surface area contributed by atoms with Gasteiger partial charge in [-0.25, -0.2) is 8.42 Å². The quantitative estimate of drug-likeness (QED) is 0.256. The molecule has 1 fully saturated rings. The molecule has 0 spiro atoms. The molecule has 1 aliphatic carbocycles. The maximum atomic E-state index is 11.0. The minimum atomic E-state index is -2.94. The maximum absolute atomic E-state index is 11.0. The van der Waals surface area contributed by atoms with Gasteiger partial charge < -0.3 is 15.4 Å². The lowest BCUT2D eigenvalue weighted by atomic mass is 9.96. The van der Waals surface area contributed by atoms with E-state index in [0.717, 1.165) is 12.5 Å². The van der Waals surface area contributed by atoms with Crippen molar-refractivity contribution in [3.63, 3.8) is 0 Å². The Morgan fingerprint density at radius 3 is 2.50 bits per heavy atom. The zero-order valence-corrected chi connectivity index (χ0v) is 16.8. The monoisotopic (exact) mass is 447 g/mol. The lowest BCUT2D eigenvalue weighted by Gasteiger charge is -2.24. The molecule has 0 atom stereocenters. The summed E-state index contributed by atoms with van der Waals surface area (Å²) in [7, 11) is -2.94. The molecule has 0 aromatic rings. The summed E-state index contributed by atoms with van der Waals surface area (Å²) in [4.78, 5) is 4.46. The smallest absolute Gasteiger partial charge is 0.191 e. The van der Waals surface area contributed by atoms with Crippen molar-refractivity contribution in [2.45, 2.75) is 45.1 Å². The van der Waals surface area contributed by atoms with Crippen molar-refractivity contribution in [1.82, 2.24) is 10.6 Å². The Hall–Kier alpha value is -0.0900. The van der Waals surface area contributed by atoms with Crippen LogP contribution in [0.2, 0.25) is 0 Å². The minimum Gasteiger partial charge on any atom is -0.378 e. The highest BCUT2D eigenvalue weighted by atomic mass is 127. The predicted molar refractivity (Wildman–Crippen MR) is 102 cm³/mol. The first kappa shape index (κ1) is 21.9. The van der Waals surface area contributed by atoms with Crippen LogP contribution in [0.15, 0.2) is 4.99 Å². The molecule has 6 nitrogen and oxygen atoms in total. The number of nitrogens with one attached hydrogen (secondary N) is 2. The number of guanidine groups is 1. The van der Waals surface area contributed by atoms with Crippen LogP contribution in [-0.2, 0) is 14.6 Å². The van der Waals surface area contributed by atoms with Crippen LogP contribution in [-0.4, -0.2) is 58.7 Å². The van der Waals surface area contributed by atoms with Gasteiger partial charge in [-0.05, 0) is 19.8 Å². The molecule has 1 aliphatic rings. The van der Waals surface area contributed by atoms with E-state index < -0.39 is 9.84 Å². The van der Waals surface area contributed by atoms with Crippen molar-refractivity contribution < 1.29 is 13.2 Å². The molecule has 1 saturated carbocycles. The van der Waals surface area contributed by atoms with Gasteiger partial charge in [-0.15, -0.1) is 24.0 Å². The van der Waals surface area contributed by atoms with Crippen molar-refractivity contribution in [1.29, 1.82) is 0 Å². The number of rotatable bonds is 8. The van der Waals surface area contributed by atoms with E-state index in [1.54, 1.807) is 0 Å². The molecular weight excluding hydrogens is 417 g/mol. The summed E-state index contributed by atoms with van der Waals surface area (Å²) in [6.07, 6.45) is 7.52. The van der Waals surface area contributed by atoms with Gasteiger partial charge in [-0.1, -0.05) is 19.3 Å². The Morgan fingerprint density at radius 1 is 1.23 bits per heavy atom. The van der Waals surface area contributed by atoms with Crippen molar-refractivity contribution >= 4 is 39.8 Å². The highest BCUT2D eigenvalue weighted by molar-refractivity contribution is 14.0. The normalized spacial score (nSPS) is 16.9. The number of aliphatic imine (C=N–C) groups is 1. The van der Waals surface area contributed by atoms with Crippen LogP contribution in [0.3, 0.4) is 0 Å². The summed E-state index contributed by atoms with van der Waals surface area (Å²) in [5.74, 6) is 0.896. The van der Waals surface area contributed by atoms with E-state index >= 15 is 0 Å². The van der Waals surface area contributed by atoms with Gasteiger partial charge >= 0.3 is 0 Å². The van der Waals surface area contributed by atoms with Crippen molar-refractivity contribution in [3.8, 4) is 0 Å². The van der Waals surface area contributed by atoms with E-state index in [-0.39, 0.29) is 36.3 Å². The summed E-state index contributed by atoms with van der Waals surface area (Å²) in [5, 5.41) is 6.69. The third-order valence-corrected chi connectivity index (χ3v) is 4.30. The van der Waals surface area contributed by atoms with Gasteiger partial charge in [0.05, 0.1) is 25.5 Å². The third kappa shape index (κ3) is 11.5. The summed E-state index contributed by atoms with van der Waals surface area (Å²) >= 11 is 0. The van der Waals surface area contributed by atoms with Gasteiger partial charge in [0.15, 0.2) is 5.96 Å². The maximum Gasteiger partial charge on any atom is 0.191 e. The standard InChI is InChI=1S/C14H29N3O3S.HI/c1-3-15-14(17-13-7-5-4-6-8-13)16-9-10-20-11-12-21(2,18)19;/h13H,3-12H2,1-2H3,(H2,15,16,17);1H. The Kier molecular flexibility index (Phi) is 12.3. The van der Waals surface area contributed by atoms with Crippen LogP contribution in [0.1, 0.15) is 39.0 Å². The lowest BCUT2D eigenvalue weighted by molar-refractivity contribution is 0.157. The number of sulfone groups is 1. The molecule has 0 unspecified atom stereocenters. The lowest BCUT2D eigenvalue weighted by Crippen LogP contribution is -2.44. The van der Waals surface area contributed by atoms with Crippen molar-refractivity contribution in [3.05, 3.63) is 0 Å². The van der Waals surface area contributed by atoms with Crippen LogP contribution < -0.4 is 10.6 Å². The fraction of sp³-hybridized carbons (Fsp3) is 0.929. The van der Waals surface area contributed by atoms with Crippen LogP contribution >= 0.6 is 24.0 Å². The molecule has 132 valence electrons. The molecular formula is C14H30IN3O3S. The summed E-state index contributed by atoms with van der Waals surface area (Å²) in [6.45, 7) is 4.08. The van der Waals surface area contributed by atoms with E-state index in [2.05, 4.69) is 15.6 Å². The highest BCUT2D eigenvalue weighted by Gasteiger charge is 2.14. The Bertz CT molecular complexity index is 410. The van der Waals surface area contributed by atoms with Crippen molar-refractivity contribution in [2.24, 2.45) is 4.99 Å². The Balaban J connectivity index is 0.00000441. The van der Waals surface area contributed by atoms with Gasteiger partial charge in [0.1, 0.15) is 9.84 Å². The molecule has 22 heavy (non-hydrogen) atoms. The summed E-state index contributed by atoms with van der Waals surface area (Å²) in [6, 6.07) is 0.516. The fourth-order valence-electron chi connectivity index (χ4n) is 2.29. The summed E-state index contributed by atoms with van der Waals surface area (Å²) < 4.78 is 27.2. The van der Waals surface area contributed by atoms with E-state index in [1.165, 1.54) is 38.4 Å². The largest absolute Gasteiger partial charge is 0.378 e. The topological polar surface area (TPSA) is 79.8 Å². The van der Waals surface area contributed by atoms with E-state index in [0.29, 0.717) is 19.2 Å². The first-order chi connectivity index (χ1) is 10.0. The van der Waals surface area contributed by atoms with E-state index in [4.69, 9.17) is 4.74 Å². The molecule has 0 aromatic heterocycles. The van der Waals surface area contributed by atoms with Crippen LogP contribution in [0.4, 0.5) is 0 Å². The molecule has 0 radical (unpaired) electrons. The number of ether oxygens (including phenoxy) is 1. The van der Waals surface area contributed by atoms with Gasteiger partial charge in [0.2, 0.25) is 0 Å². The minimum absolute atomic E-state index is 0. The fourth-order valence-corrected chi connectivity index (χ4v) is 2.72. The second-order valence-corrected chi connectivity index (χ2v) is 7.74. The predicted octanol–water partition coefficient (Wildman–Crippen LogP) is 1.55. The second-order valence-electron chi connectivity index (χ2n) is 5.48. The molecule has 0 amide bonds. The third-order valence-electron chi connectivity index (χ3n) is 3.39. The van der Waals surface area contributed by atoms with Crippen LogP contribution in [0.5, 0.6) is 0 Å². The van der Waals surface area contributed by atoms with Gasteiger partial charge in [-0.3, -0.25) is 4.99 Å². The van der Waals surface area contributed by atoms with E-state index in [1.807, 2.05) is 6.92 Å².